The van der Waals surface area contributed by atoms with Crippen LogP contribution >= 0.6 is 0 Å². The number of fused-ring (bicyclic) bond motifs is 4. The third-order valence-corrected chi connectivity index (χ3v) is 8.94. The van der Waals surface area contributed by atoms with E-state index in [1.165, 1.54) is 40.7 Å². The van der Waals surface area contributed by atoms with E-state index in [0.717, 1.165) is 56.9 Å². The molecule has 2 saturated carbocycles. The van der Waals surface area contributed by atoms with Crippen molar-refractivity contribution in [1.82, 2.24) is 0 Å². The number of carbonyl (C=O) groups is 5. The van der Waals surface area contributed by atoms with Gasteiger partial charge in [-0.05, 0) is 50.3 Å². The highest BCUT2D eigenvalue weighted by molar-refractivity contribution is 5.80. The summed E-state index contributed by atoms with van der Waals surface area (Å²) >= 11 is 0. The predicted octanol–water partition coefficient (Wildman–Crippen LogP) is 5.99. The molecule has 3 aliphatic rings. The fraction of sp³-hybridized carbons (Fsp3) is 0.500. The van der Waals surface area contributed by atoms with Gasteiger partial charge in [-0.15, -0.1) is 0 Å². The summed E-state index contributed by atoms with van der Waals surface area (Å²) in [5.41, 5.74) is -0.306. The van der Waals surface area contributed by atoms with Crippen LogP contribution in [0.1, 0.15) is 104 Å². The molecule has 0 unspecified atom stereocenters. The second kappa shape index (κ2) is 12.5. The monoisotopic (exact) mass is 622 g/mol. The fourth-order valence-corrected chi connectivity index (χ4v) is 7.65. The number of hydrogen-bond acceptors (Lipinski definition) is 11. The van der Waals surface area contributed by atoms with Crippen LogP contribution in [0, 0.1) is 5.92 Å². The number of benzene rings is 2. The third-order valence-electron chi connectivity index (χ3n) is 8.94. The van der Waals surface area contributed by atoms with E-state index in [1.807, 2.05) is 6.07 Å². The Bertz CT molecular complexity index is 1550. The second-order valence-electron chi connectivity index (χ2n) is 12.0. The first-order chi connectivity index (χ1) is 21.4. The highest BCUT2D eigenvalue weighted by atomic mass is 16.6. The summed E-state index contributed by atoms with van der Waals surface area (Å²) in [5.74, 6) is -3.51. The molecule has 2 atom stereocenters. The van der Waals surface area contributed by atoms with E-state index >= 15 is 0 Å². The van der Waals surface area contributed by atoms with E-state index in [9.17, 15) is 24.0 Å². The minimum absolute atomic E-state index is 0.00525. The summed E-state index contributed by atoms with van der Waals surface area (Å²) in [6.07, 6.45) is 7.58. The zero-order valence-corrected chi connectivity index (χ0v) is 26.2. The Balaban J connectivity index is 1.85. The first kappa shape index (κ1) is 32.0. The maximum Gasteiger partial charge on any atom is 0.308 e. The van der Waals surface area contributed by atoms with Crippen LogP contribution in [0.5, 0.6) is 34.5 Å². The van der Waals surface area contributed by atoms with E-state index in [1.54, 1.807) is 12.1 Å². The summed E-state index contributed by atoms with van der Waals surface area (Å²) in [6, 6.07) is 6.71. The van der Waals surface area contributed by atoms with Crippen molar-refractivity contribution in [3.05, 3.63) is 35.4 Å². The van der Waals surface area contributed by atoms with Gasteiger partial charge in [0, 0.05) is 57.1 Å². The lowest BCUT2D eigenvalue weighted by atomic mass is 9.51. The van der Waals surface area contributed by atoms with Crippen LogP contribution in [-0.4, -0.2) is 29.8 Å². The van der Waals surface area contributed by atoms with Crippen molar-refractivity contribution in [2.75, 3.05) is 0 Å². The van der Waals surface area contributed by atoms with Gasteiger partial charge in [-0.25, -0.2) is 0 Å². The minimum Gasteiger partial charge on any atom is -0.478 e. The van der Waals surface area contributed by atoms with Crippen LogP contribution in [0.15, 0.2) is 24.3 Å². The van der Waals surface area contributed by atoms with Crippen LogP contribution in [0.4, 0.5) is 0 Å². The van der Waals surface area contributed by atoms with Crippen LogP contribution < -0.4 is 28.4 Å². The second-order valence-corrected chi connectivity index (χ2v) is 12.0. The number of hydrogen-bond donors (Lipinski definition) is 0. The number of rotatable bonds is 6. The van der Waals surface area contributed by atoms with Crippen molar-refractivity contribution in [2.24, 2.45) is 5.92 Å². The number of carbonyl (C=O) groups excluding carboxylic acids is 5. The van der Waals surface area contributed by atoms with Crippen molar-refractivity contribution >= 4 is 29.8 Å². The largest absolute Gasteiger partial charge is 0.478 e. The van der Waals surface area contributed by atoms with Crippen LogP contribution in [0.25, 0.3) is 0 Å². The molecule has 0 bridgehead atoms. The van der Waals surface area contributed by atoms with Crippen molar-refractivity contribution in [2.45, 2.75) is 103 Å². The first-order valence-electron chi connectivity index (χ1n) is 15.3. The van der Waals surface area contributed by atoms with Gasteiger partial charge in [0.05, 0.1) is 0 Å². The van der Waals surface area contributed by atoms with Crippen molar-refractivity contribution in [3.8, 4) is 34.5 Å². The zero-order chi connectivity index (χ0) is 32.5. The third kappa shape index (κ3) is 6.00. The molecular weight excluding hydrogens is 584 g/mol. The van der Waals surface area contributed by atoms with Gasteiger partial charge in [-0.2, -0.15) is 0 Å². The fourth-order valence-electron chi connectivity index (χ4n) is 7.65. The number of esters is 5. The molecule has 0 saturated heterocycles. The molecule has 0 amide bonds. The summed E-state index contributed by atoms with van der Waals surface area (Å²) in [4.78, 5) is 61.4. The molecule has 2 aromatic carbocycles. The Morgan fingerprint density at radius 1 is 0.578 bits per heavy atom. The Labute approximate surface area is 261 Å². The van der Waals surface area contributed by atoms with Crippen molar-refractivity contribution < 1.29 is 52.4 Å². The van der Waals surface area contributed by atoms with Crippen LogP contribution in [0.2, 0.25) is 0 Å². The molecule has 11 heteroatoms. The average molecular weight is 623 g/mol. The maximum absolute atomic E-state index is 12.6. The maximum atomic E-state index is 12.6. The molecule has 45 heavy (non-hydrogen) atoms. The lowest BCUT2D eigenvalue weighted by Crippen LogP contribution is -2.57. The van der Waals surface area contributed by atoms with Gasteiger partial charge in [-0.3, -0.25) is 24.0 Å². The van der Waals surface area contributed by atoms with E-state index in [2.05, 4.69) is 0 Å². The van der Waals surface area contributed by atoms with Gasteiger partial charge in [0.1, 0.15) is 5.60 Å². The molecule has 2 aliphatic carbocycles. The van der Waals surface area contributed by atoms with E-state index in [4.69, 9.17) is 28.4 Å². The quantitative estimate of drug-likeness (QED) is 0.277. The number of ether oxygens (including phenoxy) is 6. The van der Waals surface area contributed by atoms with E-state index in [-0.39, 0.29) is 40.4 Å². The summed E-state index contributed by atoms with van der Waals surface area (Å²) in [7, 11) is 0. The molecule has 1 heterocycles. The first-order valence-corrected chi connectivity index (χ1v) is 15.3. The van der Waals surface area contributed by atoms with Gasteiger partial charge in [-0.1, -0.05) is 31.7 Å². The molecule has 240 valence electrons. The Kier molecular flexibility index (Phi) is 8.91. The molecule has 2 aromatic rings. The molecule has 5 rings (SSSR count). The normalized spacial score (nSPS) is 21.3. The smallest absolute Gasteiger partial charge is 0.308 e. The summed E-state index contributed by atoms with van der Waals surface area (Å²) < 4.78 is 35.0. The molecule has 1 spiro atoms. The highest BCUT2D eigenvalue weighted by Gasteiger charge is 2.61. The van der Waals surface area contributed by atoms with Gasteiger partial charge in [0.15, 0.2) is 23.0 Å². The Morgan fingerprint density at radius 3 is 1.64 bits per heavy atom. The van der Waals surface area contributed by atoms with Crippen LogP contribution in [-0.2, 0) is 35.0 Å². The standard InChI is InChI=1S/C34H38O11/c1-19(35)40-26-15-13-25(29(42-21(3)37)31(26)43-22(4)38)34-18-10-7-11-28(34)33(16-8-6-9-17-33)24-12-14-27(41-20(2)36)32(30(24)45-34)44-23(5)39/h12-15,28H,6-11,16-18H2,1-5H3/t28-,34+/m0/s1. The van der Waals surface area contributed by atoms with Gasteiger partial charge >= 0.3 is 29.8 Å². The van der Waals surface area contributed by atoms with Gasteiger partial charge < -0.3 is 28.4 Å². The summed E-state index contributed by atoms with van der Waals surface area (Å²) in [6.45, 7) is 6.13. The van der Waals surface area contributed by atoms with Crippen LogP contribution in [0.3, 0.4) is 0 Å². The Morgan fingerprint density at radius 2 is 1.07 bits per heavy atom. The topological polar surface area (TPSA) is 141 Å². The summed E-state index contributed by atoms with van der Waals surface area (Å²) in [5, 5.41) is 0. The lowest BCUT2D eigenvalue weighted by Gasteiger charge is -2.58. The van der Waals surface area contributed by atoms with Gasteiger partial charge in [0.25, 0.3) is 0 Å². The lowest BCUT2D eigenvalue weighted by molar-refractivity contribution is -0.136. The minimum atomic E-state index is -1.17. The molecule has 0 radical (unpaired) electrons. The molecule has 0 N–H and O–H groups in total. The highest BCUT2D eigenvalue weighted by Crippen LogP contribution is 2.66. The Hall–Kier alpha value is -4.41. The van der Waals surface area contributed by atoms with Crippen molar-refractivity contribution in [3.63, 3.8) is 0 Å². The predicted molar refractivity (Wildman–Crippen MR) is 158 cm³/mol. The zero-order valence-electron chi connectivity index (χ0n) is 26.2. The van der Waals surface area contributed by atoms with Gasteiger partial charge in [0.2, 0.25) is 11.5 Å². The molecule has 11 nitrogen and oxygen atoms in total. The average Bonchev–Trinajstić information content (AvgIpc) is 2.95. The molecule has 2 fully saturated rings. The molecular formula is C34H38O11. The van der Waals surface area contributed by atoms with Crippen molar-refractivity contribution in [1.29, 1.82) is 0 Å². The van der Waals surface area contributed by atoms with E-state index in [0.29, 0.717) is 12.0 Å². The van der Waals surface area contributed by atoms with E-state index < -0.39 is 40.9 Å². The molecule has 0 aromatic heterocycles. The molecule has 1 aliphatic heterocycles. The SMILES string of the molecule is CC(=O)Oc1ccc2c(c1OC(C)=O)O[C@@]1(c3ccc(OC(C)=O)c(OC(C)=O)c3OC(C)=O)CCCC[C@H]1C21CCCCC1.